The van der Waals surface area contributed by atoms with Gasteiger partial charge in [0.2, 0.25) is 5.91 Å². The molecule has 2 rings (SSSR count). The van der Waals surface area contributed by atoms with Crippen LogP contribution in [0.2, 0.25) is 0 Å². The van der Waals surface area contributed by atoms with Gasteiger partial charge >= 0.3 is 0 Å². The van der Waals surface area contributed by atoms with E-state index in [9.17, 15) is 9.59 Å². The van der Waals surface area contributed by atoms with Gasteiger partial charge in [0, 0.05) is 38.7 Å². The lowest BCUT2D eigenvalue weighted by molar-refractivity contribution is -0.128. The van der Waals surface area contributed by atoms with E-state index in [1.807, 2.05) is 36.1 Å². The summed E-state index contributed by atoms with van der Waals surface area (Å²) in [6.45, 7) is 7.18. The van der Waals surface area contributed by atoms with Crippen LogP contribution in [0.15, 0.2) is 24.3 Å². The van der Waals surface area contributed by atoms with Crippen molar-refractivity contribution in [3.8, 4) is 0 Å². The Morgan fingerprint density at radius 3 is 2.55 bits per heavy atom. The third-order valence-corrected chi connectivity index (χ3v) is 3.85. The smallest absolute Gasteiger partial charge is 0.219 e. The third kappa shape index (κ3) is 3.67. The lowest BCUT2D eigenvalue weighted by Crippen LogP contribution is -2.35. The highest BCUT2D eigenvalue weighted by atomic mass is 16.2. The van der Waals surface area contributed by atoms with Gasteiger partial charge in [0.05, 0.1) is 6.54 Å². The lowest BCUT2D eigenvalue weighted by atomic mass is 10.0. The van der Waals surface area contributed by atoms with Crippen LogP contribution >= 0.6 is 0 Å². The number of carbonyl (C=O) groups is 2. The van der Waals surface area contributed by atoms with Crippen LogP contribution in [0, 0.1) is 6.92 Å². The largest absolute Gasteiger partial charge is 0.342 e. The Kier molecular flexibility index (Phi) is 4.90. The molecule has 1 aromatic rings. The summed E-state index contributed by atoms with van der Waals surface area (Å²) in [5, 5.41) is 0. The molecule has 1 aromatic carbocycles. The molecule has 1 aliphatic heterocycles. The molecule has 1 saturated heterocycles. The number of ketones is 1. The maximum Gasteiger partial charge on any atom is 0.219 e. The molecule has 0 unspecified atom stereocenters. The number of hydrogen-bond donors (Lipinski definition) is 0. The van der Waals surface area contributed by atoms with E-state index in [0.717, 1.165) is 43.7 Å². The zero-order valence-electron chi connectivity index (χ0n) is 12.3. The molecule has 0 atom stereocenters. The molecule has 108 valence electrons. The van der Waals surface area contributed by atoms with Gasteiger partial charge in [-0.05, 0) is 18.9 Å². The fourth-order valence-electron chi connectivity index (χ4n) is 2.62. The first kappa shape index (κ1) is 14.7. The minimum atomic E-state index is 0.122. The van der Waals surface area contributed by atoms with E-state index in [4.69, 9.17) is 0 Å². The summed E-state index contributed by atoms with van der Waals surface area (Å²) in [5.41, 5.74) is 1.83. The summed E-state index contributed by atoms with van der Waals surface area (Å²) in [6, 6.07) is 7.70. The summed E-state index contributed by atoms with van der Waals surface area (Å²) in [4.78, 5) is 27.7. The first-order valence-corrected chi connectivity index (χ1v) is 7.14. The van der Waals surface area contributed by atoms with Gasteiger partial charge in [0.1, 0.15) is 0 Å². The summed E-state index contributed by atoms with van der Waals surface area (Å²) >= 11 is 0. The lowest BCUT2D eigenvalue weighted by Gasteiger charge is -2.20. The highest BCUT2D eigenvalue weighted by Gasteiger charge is 2.19. The molecule has 1 heterocycles. The molecule has 0 N–H and O–H groups in total. The predicted octanol–water partition coefficient (Wildman–Crippen LogP) is 1.73. The van der Waals surface area contributed by atoms with E-state index in [1.165, 1.54) is 0 Å². The van der Waals surface area contributed by atoms with Crippen molar-refractivity contribution >= 4 is 11.7 Å². The minimum Gasteiger partial charge on any atom is -0.342 e. The van der Waals surface area contributed by atoms with Gasteiger partial charge in [-0.15, -0.1) is 0 Å². The summed E-state index contributed by atoms with van der Waals surface area (Å²) in [7, 11) is 0. The number of benzene rings is 1. The molecular weight excluding hydrogens is 252 g/mol. The fraction of sp³-hybridized carbons (Fsp3) is 0.500. The highest BCUT2D eigenvalue weighted by molar-refractivity contribution is 5.98. The SMILES string of the molecule is CC(=O)N1CCCN(CC(=O)c2ccccc2C)CC1. The summed E-state index contributed by atoms with van der Waals surface area (Å²) in [6.07, 6.45) is 0.931. The van der Waals surface area contributed by atoms with E-state index in [0.29, 0.717) is 6.54 Å². The molecule has 0 saturated carbocycles. The van der Waals surface area contributed by atoms with Crippen LogP contribution in [0.1, 0.15) is 29.3 Å². The first-order chi connectivity index (χ1) is 9.58. The molecule has 4 nitrogen and oxygen atoms in total. The number of aryl methyl sites for hydroxylation is 1. The second-order valence-electron chi connectivity index (χ2n) is 5.37. The molecule has 1 amide bonds. The Hall–Kier alpha value is -1.68. The number of hydrogen-bond acceptors (Lipinski definition) is 3. The van der Waals surface area contributed by atoms with E-state index in [1.54, 1.807) is 6.92 Å². The Labute approximate surface area is 120 Å². The molecule has 0 radical (unpaired) electrons. The zero-order valence-corrected chi connectivity index (χ0v) is 12.3. The molecule has 0 spiro atoms. The summed E-state index contributed by atoms with van der Waals surface area (Å²) < 4.78 is 0. The van der Waals surface area contributed by atoms with Crippen LogP contribution in [0.25, 0.3) is 0 Å². The second kappa shape index (κ2) is 6.66. The van der Waals surface area contributed by atoms with Gasteiger partial charge in [0.25, 0.3) is 0 Å². The van der Waals surface area contributed by atoms with Gasteiger partial charge < -0.3 is 4.90 Å². The summed E-state index contributed by atoms with van der Waals surface area (Å²) in [5.74, 6) is 0.288. The quantitative estimate of drug-likeness (QED) is 0.788. The van der Waals surface area contributed by atoms with Crippen molar-refractivity contribution in [3.05, 3.63) is 35.4 Å². The molecular formula is C16H22N2O2. The van der Waals surface area contributed by atoms with Crippen LogP contribution in [0.5, 0.6) is 0 Å². The van der Waals surface area contributed by atoms with Crippen molar-refractivity contribution in [3.63, 3.8) is 0 Å². The average molecular weight is 274 g/mol. The third-order valence-electron chi connectivity index (χ3n) is 3.85. The number of Topliss-reactive ketones (excluding diaryl/α,β-unsaturated/α-hetero) is 1. The molecule has 20 heavy (non-hydrogen) atoms. The van der Waals surface area contributed by atoms with Crippen LogP contribution in [-0.4, -0.2) is 54.2 Å². The van der Waals surface area contributed by atoms with E-state index in [2.05, 4.69) is 4.90 Å². The predicted molar refractivity (Wildman–Crippen MR) is 78.8 cm³/mol. The van der Waals surface area contributed by atoms with Gasteiger partial charge in [-0.3, -0.25) is 14.5 Å². The Morgan fingerprint density at radius 1 is 1.10 bits per heavy atom. The molecule has 0 aromatic heterocycles. The molecule has 0 bridgehead atoms. The van der Waals surface area contributed by atoms with E-state index in [-0.39, 0.29) is 11.7 Å². The maximum absolute atomic E-state index is 12.3. The van der Waals surface area contributed by atoms with Gasteiger partial charge in [-0.1, -0.05) is 24.3 Å². The maximum atomic E-state index is 12.3. The van der Waals surface area contributed by atoms with Gasteiger partial charge in [-0.2, -0.15) is 0 Å². The van der Waals surface area contributed by atoms with Crippen molar-refractivity contribution in [2.24, 2.45) is 0 Å². The standard InChI is InChI=1S/C16H22N2O2/c1-13-6-3-4-7-15(13)16(20)12-17-8-5-9-18(11-10-17)14(2)19/h3-4,6-7H,5,8-12H2,1-2H3. The van der Waals surface area contributed by atoms with E-state index >= 15 is 0 Å². The van der Waals surface area contributed by atoms with Crippen LogP contribution in [-0.2, 0) is 4.79 Å². The van der Waals surface area contributed by atoms with Crippen molar-refractivity contribution in [1.82, 2.24) is 9.80 Å². The topological polar surface area (TPSA) is 40.6 Å². The number of carbonyl (C=O) groups excluding carboxylic acids is 2. The van der Waals surface area contributed by atoms with Crippen LogP contribution in [0.4, 0.5) is 0 Å². The first-order valence-electron chi connectivity index (χ1n) is 7.14. The average Bonchev–Trinajstić information content (AvgIpc) is 2.65. The van der Waals surface area contributed by atoms with Crippen LogP contribution in [0.3, 0.4) is 0 Å². The number of nitrogens with zero attached hydrogens (tertiary/aromatic N) is 2. The Bertz CT molecular complexity index is 499. The fourth-order valence-corrected chi connectivity index (χ4v) is 2.62. The van der Waals surface area contributed by atoms with Crippen molar-refractivity contribution in [2.45, 2.75) is 20.3 Å². The number of rotatable bonds is 3. The Balaban J connectivity index is 1.95. The molecule has 0 aliphatic carbocycles. The molecule has 1 fully saturated rings. The highest BCUT2D eigenvalue weighted by Crippen LogP contribution is 2.10. The minimum absolute atomic E-state index is 0.122. The van der Waals surface area contributed by atoms with Gasteiger partial charge in [0.15, 0.2) is 5.78 Å². The van der Waals surface area contributed by atoms with E-state index < -0.39 is 0 Å². The normalized spacial score (nSPS) is 16.8. The molecule has 1 aliphatic rings. The number of amides is 1. The Morgan fingerprint density at radius 2 is 1.85 bits per heavy atom. The molecule has 4 heteroatoms. The van der Waals surface area contributed by atoms with Crippen LogP contribution < -0.4 is 0 Å². The monoisotopic (exact) mass is 274 g/mol. The second-order valence-corrected chi connectivity index (χ2v) is 5.37. The van der Waals surface area contributed by atoms with Crippen molar-refractivity contribution in [1.29, 1.82) is 0 Å². The van der Waals surface area contributed by atoms with Gasteiger partial charge in [-0.25, -0.2) is 0 Å². The zero-order chi connectivity index (χ0) is 14.5. The van der Waals surface area contributed by atoms with Crippen molar-refractivity contribution in [2.75, 3.05) is 32.7 Å². The van der Waals surface area contributed by atoms with Crippen molar-refractivity contribution < 1.29 is 9.59 Å².